The first-order chi connectivity index (χ1) is 10.8. The molecular weight excluding hydrogens is 270 g/mol. The van der Waals surface area contributed by atoms with Gasteiger partial charge in [0, 0.05) is 6.04 Å². The lowest BCUT2D eigenvalue weighted by atomic mass is 9.83. The molecule has 0 spiro atoms. The minimum Gasteiger partial charge on any atom is -0.387 e. The summed E-state index contributed by atoms with van der Waals surface area (Å²) < 4.78 is 0. The topological polar surface area (TPSA) is 32.3 Å². The smallest absolute Gasteiger partial charge is 0.0949 e. The van der Waals surface area contributed by atoms with Crippen LogP contribution in [0.2, 0.25) is 0 Å². The molecule has 2 aromatic carbocycles. The number of fused-ring (bicyclic) bond motifs is 3. The maximum Gasteiger partial charge on any atom is 0.0949 e. The normalized spacial score (nSPS) is 23.2. The van der Waals surface area contributed by atoms with Crippen LogP contribution in [-0.4, -0.2) is 17.7 Å². The SMILES string of the molecule is O[C@@H](c1cc2c(c3ccccc13)CCCC2)[C@@H]1CCCCN1. The molecule has 0 radical (unpaired) electrons. The molecule has 1 saturated heterocycles. The first-order valence-electron chi connectivity index (χ1n) is 8.79. The Morgan fingerprint density at radius 2 is 1.82 bits per heavy atom. The third-order valence-electron chi connectivity index (χ3n) is 5.45. The van der Waals surface area contributed by atoms with Gasteiger partial charge in [-0.15, -0.1) is 0 Å². The average Bonchev–Trinajstić information content (AvgIpc) is 2.61. The highest BCUT2D eigenvalue weighted by Gasteiger charge is 2.26. The van der Waals surface area contributed by atoms with Gasteiger partial charge >= 0.3 is 0 Å². The second-order valence-corrected chi connectivity index (χ2v) is 6.86. The van der Waals surface area contributed by atoms with Crippen molar-refractivity contribution >= 4 is 10.8 Å². The number of aryl methyl sites for hydroxylation is 2. The van der Waals surface area contributed by atoms with Gasteiger partial charge in [0.2, 0.25) is 0 Å². The second-order valence-electron chi connectivity index (χ2n) is 6.86. The number of benzene rings is 2. The molecule has 2 heteroatoms. The van der Waals surface area contributed by atoms with E-state index in [0.29, 0.717) is 0 Å². The van der Waals surface area contributed by atoms with Crippen LogP contribution in [0.25, 0.3) is 10.8 Å². The summed E-state index contributed by atoms with van der Waals surface area (Å²) in [6.45, 7) is 1.03. The molecule has 22 heavy (non-hydrogen) atoms. The van der Waals surface area contributed by atoms with Crippen molar-refractivity contribution in [2.75, 3.05) is 6.54 Å². The predicted molar refractivity (Wildman–Crippen MR) is 91.2 cm³/mol. The first kappa shape index (κ1) is 14.2. The van der Waals surface area contributed by atoms with E-state index in [1.807, 2.05) is 0 Å². The van der Waals surface area contributed by atoms with Crippen LogP contribution in [0.3, 0.4) is 0 Å². The molecule has 0 amide bonds. The van der Waals surface area contributed by atoms with E-state index in [2.05, 4.69) is 35.6 Å². The summed E-state index contributed by atoms with van der Waals surface area (Å²) >= 11 is 0. The van der Waals surface area contributed by atoms with Crippen molar-refractivity contribution in [3.63, 3.8) is 0 Å². The summed E-state index contributed by atoms with van der Waals surface area (Å²) in [4.78, 5) is 0. The van der Waals surface area contributed by atoms with Gasteiger partial charge in [0.1, 0.15) is 0 Å². The minimum absolute atomic E-state index is 0.207. The van der Waals surface area contributed by atoms with Crippen molar-refractivity contribution in [1.29, 1.82) is 0 Å². The third-order valence-corrected chi connectivity index (χ3v) is 5.45. The highest BCUT2D eigenvalue weighted by molar-refractivity contribution is 5.90. The van der Waals surface area contributed by atoms with Crippen molar-refractivity contribution in [2.45, 2.75) is 57.1 Å². The monoisotopic (exact) mass is 295 g/mol. The molecule has 0 saturated carbocycles. The maximum atomic E-state index is 11.0. The van der Waals surface area contributed by atoms with E-state index in [1.165, 1.54) is 54.0 Å². The van der Waals surface area contributed by atoms with Crippen LogP contribution in [-0.2, 0) is 12.8 Å². The minimum atomic E-state index is -0.391. The fraction of sp³-hybridized carbons (Fsp3) is 0.500. The quantitative estimate of drug-likeness (QED) is 0.881. The van der Waals surface area contributed by atoms with Gasteiger partial charge in [-0.1, -0.05) is 36.8 Å². The zero-order valence-electron chi connectivity index (χ0n) is 13.1. The molecule has 0 unspecified atom stereocenters. The van der Waals surface area contributed by atoms with E-state index in [1.54, 1.807) is 0 Å². The van der Waals surface area contributed by atoms with Crippen molar-refractivity contribution in [1.82, 2.24) is 5.32 Å². The molecule has 1 aliphatic heterocycles. The van der Waals surface area contributed by atoms with E-state index in [9.17, 15) is 5.11 Å². The molecule has 0 bridgehead atoms. The molecule has 1 heterocycles. The van der Waals surface area contributed by atoms with Crippen molar-refractivity contribution in [2.24, 2.45) is 0 Å². The lowest BCUT2D eigenvalue weighted by Crippen LogP contribution is -2.38. The number of piperidine rings is 1. The summed E-state index contributed by atoms with van der Waals surface area (Å²) in [5, 5.41) is 17.1. The average molecular weight is 295 g/mol. The van der Waals surface area contributed by atoms with Gasteiger partial charge in [0.15, 0.2) is 0 Å². The Morgan fingerprint density at radius 3 is 2.64 bits per heavy atom. The zero-order chi connectivity index (χ0) is 14.9. The molecule has 2 N–H and O–H groups in total. The van der Waals surface area contributed by atoms with Crippen molar-refractivity contribution < 1.29 is 5.11 Å². The van der Waals surface area contributed by atoms with Crippen LogP contribution < -0.4 is 5.32 Å². The fourth-order valence-corrected chi connectivity index (χ4v) is 4.27. The number of aliphatic hydroxyl groups is 1. The lowest BCUT2D eigenvalue weighted by molar-refractivity contribution is 0.115. The van der Waals surface area contributed by atoms with E-state index in [-0.39, 0.29) is 6.04 Å². The van der Waals surface area contributed by atoms with Crippen molar-refractivity contribution in [3.8, 4) is 0 Å². The van der Waals surface area contributed by atoms with Crippen molar-refractivity contribution in [3.05, 3.63) is 47.0 Å². The Balaban J connectivity index is 1.82. The third kappa shape index (κ3) is 2.45. The number of hydrogen-bond acceptors (Lipinski definition) is 2. The first-order valence-corrected chi connectivity index (χ1v) is 8.79. The molecule has 1 aliphatic carbocycles. The molecule has 2 aliphatic rings. The molecule has 4 rings (SSSR count). The summed E-state index contributed by atoms with van der Waals surface area (Å²) in [6.07, 6.45) is 8.06. The van der Waals surface area contributed by atoms with Crippen LogP contribution in [0, 0.1) is 0 Å². The van der Waals surface area contributed by atoms with E-state index in [0.717, 1.165) is 24.9 Å². The number of rotatable bonds is 2. The molecule has 2 nitrogen and oxygen atoms in total. The molecule has 2 atom stereocenters. The molecular formula is C20H25NO. The maximum absolute atomic E-state index is 11.0. The van der Waals surface area contributed by atoms with Crippen LogP contribution >= 0.6 is 0 Å². The largest absolute Gasteiger partial charge is 0.387 e. The molecule has 2 aromatic rings. The lowest BCUT2D eigenvalue weighted by Gasteiger charge is -2.30. The second kappa shape index (κ2) is 6.02. The number of aliphatic hydroxyl groups excluding tert-OH is 1. The summed E-state index contributed by atoms with van der Waals surface area (Å²) in [5.74, 6) is 0. The van der Waals surface area contributed by atoms with Crippen LogP contribution in [0.15, 0.2) is 30.3 Å². The van der Waals surface area contributed by atoms with Gasteiger partial charge in [-0.2, -0.15) is 0 Å². The van der Waals surface area contributed by atoms with Gasteiger partial charge in [-0.25, -0.2) is 0 Å². The summed E-state index contributed by atoms with van der Waals surface area (Å²) in [6, 6.07) is 11.2. The standard InChI is InChI=1S/C20H25NO/c22-20(19-11-5-6-12-21-19)18-13-14-7-1-2-8-15(14)16-9-3-4-10-17(16)18/h3-4,9-10,13,19-22H,1-2,5-8,11-12H2/t19-,20-/m0/s1. The van der Waals surface area contributed by atoms with Gasteiger partial charge in [-0.3, -0.25) is 0 Å². The van der Waals surface area contributed by atoms with Gasteiger partial charge in [0.05, 0.1) is 6.10 Å². The zero-order valence-corrected chi connectivity index (χ0v) is 13.1. The summed E-state index contributed by atoms with van der Waals surface area (Å²) in [5.41, 5.74) is 4.12. The van der Waals surface area contributed by atoms with E-state index >= 15 is 0 Å². The molecule has 0 aromatic heterocycles. The number of nitrogens with one attached hydrogen (secondary N) is 1. The van der Waals surface area contributed by atoms with Crippen LogP contribution in [0.1, 0.15) is 54.9 Å². The predicted octanol–water partition coefficient (Wildman–Crippen LogP) is 3.89. The van der Waals surface area contributed by atoms with Crippen LogP contribution in [0.5, 0.6) is 0 Å². The Labute approximate surface area is 132 Å². The Kier molecular flexibility index (Phi) is 3.89. The van der Waals surface area contributed by atoms with E-state index in [4.69, 9.17) is 0 Å². The molecule has 1 fully saturated rings. The van der Waals surface area contributed by atoms with Crippen LogP contribution in [0.4, 0.5) is 0 Å². The highest BCUT2D eigenvalue weighted by atomic mass is 16.3. The van der Waals surface area contributed by atoms with Gasteiger partial charge in [-0.05, 0) is 72.5 Å². The Bertz CT molecular complexity index is 673. The van der Waals surface area contributed by atoms with Gasteiger partial charge in [0.25, 0.3) is 0 Å². The highest BCUT2D eigenvalue weighted by Crippen LogP contribution is 2.36. The summed E-state index contributed by atoms with van der Waals surface area (Å²) in [7, 11) is 0. The van der Waals surface area contributed by atoms with E-state index < -0.39 is 6.10 Å². The number of hydrogen-bond donors (Lipinski definition) is 2. The Morgan fingerprint density at radius 1 is 1.00 bits per heavy atom. The molecule has 116 valence electrons. The van der Waals surface area contributed by atoms with Gasteiger partial charge < -0.3 is 10.4 Å². The Hall–Kier alpha value is -1.38. The fourth-order valence-electron chi connectivity index (χ4n) is 4.27.